The molecule has 1 aromatic rings. The van der Waals surface area contributed by atoms with Crippen molar-refractivity contribution >= 4 is 27.7 Å². The molecule has 1 saturated heterocycles. The van der Waals surface area contributed by atoms with Gasteiger partial charge < -0.3 is 4.90 Å². The number of alkyl halides is 3. The molecule has 0 atom stereocenters. The average molecular weight is 500 g/mol. The number of piperazine rings is 1. The summed E-state index contributed by atoms with van der Waals surface area (Å²) < 4.78 is 66.9. The first-order chi connectivity index (χ1) is 15.8. The second-order valence-electron chi connectivity index (χ2n) is 8.17. The van der Waals surface area contributed by atoms with Crippen LogP contribution in [0.3, 0.4) is 0 Å². The monoisotopic (exact) mass is 499 g/mol. The third-order valence-corrected chi connectivity index (χ3v) is 7.86. The lowest BCUT2D eigenvalue weighted by Crippen LogP contribution is -2.51. The highest BCUT2D eigenvalue weighted by atomic mass is 32.2. The third-order valence-electron chi connectivity index (χ3n) is 5.92. The van der Waals surface area contributed by atoms with Crippen LogP contribution in [0.15, 0.2) is 29.3 Å². The summed E-state index contributed by atoms with van der Waals surface area (Å²) in [4.78, 5) is 28.3. The largest absolute Gasteiger partial charge is 0.417 e. The van der Waals surface area contributed by atoms with E-state index in [4.69, 9.17) is 5.26 Å². The van der Waals surface area contributed by atoms with Gasteiger partial charge in [-0.25, -0.2) is 4.90 Å². The molecule has 0 aromatic heterocycles. The van der Waals surface area contributed by atoms with Crippen molar-refractivity contribution < 1.29 is 31.2 Å². The van der Waals surface area contributed by atoms with Gasteiger partial charge in [-0.3, -0.25) is 9.59 Å². The topological polar surface area (TPSA) is 105 Å². The maximum atomic E-state index is 13.3. The molecule has 0 aliphatic carbocycles. The third kappa shape index (κ3) is 4.85. The molecule has 3 rings (SSSR count). The fourth-order valence-electron chi connectivity index (χ4n) is 3.90. The fraction of sp³-hybridized carbons (Fsp3) is 0.476. The van der Waals surface area contributed by atoms with E-state index in [0.717, 1.165) is 16.4 Å². The maximum Gasteiger partial charge on any atom is 0.417 e. The Hall–Kier alpha value is -2.79. The first kappa shape index (κ1) is 25.8. The summed E-state index contributed by atoms with van der Waals surface area (Å²) in [6.07, 6.45) is -4.63. The van der Waals surface area contributed by atoms with Crippen LogP contribution in [0.25, 0.3) is 0 Å². The molecular formula is C21H24F3N5O4S. The molecule has 0 spiro atoms. The molecule has 0 saturated carbocycles. The highest BCUT2D eigenvalue weighted by molar-refractivity contribution is 7.86. The van der Waals surface area contributed by atoms with Gasteiger partial charge in [-0.2, -0.15) is 35.5 Å². The Morgan fingerprint density at radius 2 is 1.71 bits per heavy atom. The zero-order valence-electron chi connectivity index (χ0n) is 18.9. The zero-order chi connectivity index (χ0) is 25.4. The number of benzene rings is 1. The van der Waals surface area contributed by atoms with Crippen LogP contribution in [0.4, 0.5) is 18.9 Å². The van der Waals surface area contributed by atoms with Gasteiger partial charge in [0.15, 0.2) is 0 Å². The molecule has 0 unspecified atom stereocenters. The summed E-state index contributed by atoms with van der Waals surface area (Å²) in [7, 11) is -0.600. The van der Waals surface area contributed by atoms with Crippen LogP contribution in [0.1, 0.15) is 24.5 Å². The van der Waals surface area contributed by atoms with Gasteiger partial charge in [0.25, 0.3) is 22.0 Å². The number of anilines is 1. The Kier molecular flexibility index (Phi) is 7.18. The summed E-state index contributed by atoms with van der Waals surface area (Å²) in [6, 6.07) is 4.18. The van der Waals surface area contributed by atoms with E-state index in [2.05, 4.69) is 0 Å². The Bertz CT molecular complexity index is 1180. The van der Waals surface area contributed by atoms with Crippen LogP contribution in [-0.2, 0) is 26.0 Å². The smallest absolute Gasteiger partial charge is 0.300 e. The zero-order valence-corrected chi connectivity index (χ0v) is 19.7. The van der Waals surface area contributed by atoms with Crippen molar-refractivity contribution in [2.24, 2.45) is 0 Å². The number of hydrogen-bond acceptors (Lipinski definition) is 6. The lowest BCUT2D eigenvalue weighted by molar-refractivity contribution is -0.138. The molecule has 184 valence electrons. The van der Waals surface area contributed by atoms with Gasteiger partial charge in [0.1, 0.15) is 0 Å². The Labute approximate surface area is 195 Å². The lowest BCUT2D eigenvalue weighted by atomic mass is 10.1. The molecule has 2 aliphatic heterocycles. The minimum absolute atomic E-state index is 0.150. The number of rotatable bonds is 6. The van der Waals surface area contributed by atoms with Crippen molar-refractivity contribution in [2.45, 2.75) is 19.5 Å². The number of halogens is 3. The molecule has 1 fully saturated rings. The predicted molar refractivity (Wildman–Crippen MR) is 117 cm³/mol. The number of nitrogens with zero attached hydrogens (tertiary/aromatic N) is 5. The summed E-state index contributed by atoms with van der Waals surface area (Å²) in [5.41, 5.74) is -1.72. The molecule has 9 nitrogen and oxygen atoms in total. The Balaban J connectivity index is 1.71. The van der Waals surface area contributed by atoms with Crippen LogP contribution in [0.2, 0.25) is 0 Å². The van der Waals surface area contributed by atoms with Gasteiger partial charge >= 0.3 is 6.18 Å². The molecule has 1 aromatic carbocycles. The second kappa shape index (κ2) is 9.46. The minimum Gasteiger partial charge on any atom is -0.300 e. The quantitative estimate of drug-likeness (QED) is 0.551. The van der Waals surface area contributed by atoms with E-state index >= 15 is 0 Å². The normalized spacial score (nSPS) is 18.8. The van der Waals surface area contributed by atoms with Crippen molar-refractivity contribution in [1.82, 2.24) is 13.5 Å². The van der Waals surface area contributed by atoms with Crippen LogP contribution >= 0.6 is 0 Å². The SMILES string of the molecule is CC1=C(CCN2CCN(S(=O)(=O)N(C)C)CC2)C(=O)N(c2ccc(C#N)c(C(F)(F)F)c2)C1=O. The van der Waals surface area contributed by atoms with Crippen molar-refractivity contribution in [2.75, 3.05) is 51.7 Å². The van der Waals surface area contributed by atoms with Crippen LogP contribution in [0.5, 0.6) is 0 Å². The highest BCUT2D eigenvalue weighted by Crippen LogP contribution is 2.36. The molecule has 0 N–H and O–H groups in total. The van der Waals surface area contributed by atoms with Gasteiger partial charge in [-0.1, -0.05) is 0 Å². The van der Waals surface area contributed by atoms with Gasteiger partial charge in [-0.15, -0.1) is 0 Å². The maximum absolute atomic E-state index is 13.3. The molecule has 34 heavy (non-hydrogen) atoms. The van der Waals surface area contributed by atoms with Gasteiger partial charge in [0.05, 0.1) is 22.9 Å². The number of hydrogen-bond donors (Lipinski definition) is 0. The molecule has 2 aliphatic rings. The van der Waals surface area contributed by atoms with E-state index in [9.17, 15) is 31.2 Å². The number of carbonyl (C=O) groups is 2. The first-order valence-electron chi connectivity index (χ1n) is 10.4. The Morgan fingerprint density at radius 3 is 2.24 bits per heavy atom. The second-order valence-corrected chi connectivity index (χ2v) is 10.3. The Morgan fingerprint density at radius 1 is 1.09 bits per heavy atom. The molecular weight excluding hydrogens is 475 g/mol. The summed E-state index contributed by atoms with van der Waals surface area (Å²) in [5, 5.41) is 8.96. The van der Waals surface area contributed by atoms with E-state index in [1.807, 2.05) is 4.90 Å². The molecule has 0 radical (unpaired) electrons. The minimum atomic E-state index is -4.82. The van der Waals surface area contributed by atoms with Crippen LogP contribution < -0.4 is 4.90 Å². The van der Waals surface area contributed by atoms with Crippen molar-refractivity contribution in [3.05, 3.63) is 40.5 Å². The van der Waals surface area contributed by atoms with Crippen molar-refractivity contribution in [1.29, 1.82) is 5.26 Å². The van der Waals surface area contributed by atoms with Crippen LogP contribution in [0, 0.1) is 11.3 Å². The average Bonchev–Trinajstić information content (AvgIpc) is 2.99. The molecule has 0 bridgehead atoms. The molecule has 13 heteroatoms. The summed E-state index contributed by atoms with van der Waals surface area (Å²) in [6.45, 7) is 3.28. The van der Waals surface area contributed by atoms with E-state index < -0.39 is 39.3 Å². The lowest BCUT2D eigenvalue weighted by Gasteiger charge is -2.35. The fourth-order valence-corrected chi connectivity index (χ4v) is 4.99. The first-order valence-corrected chi connectivity index (χ1v) is 11.8. The number of amides is 2. The highest BCUT2D eigenvalue weighted by Gasteiger charge is 2.40. The molecule has 2 heterocycles. The van der Waals surface area contributed by atoms with E-state index in [1.54, 1.807) is 0 Å². The van der Waals surface area contributed by atoms with Crippen molar-refractivity contribution in [3.63, 3.8) is 0 Å². The van der Waals surface area contributed by atoms with Gasteiger partial charge in [0, 0.05) is 58.0 Å². The standard InChI is InChI=1S/C21H24F3N5O4S/c1-14-17(6-7-27-8-10-28(11-9-27)34(32,33)26(2)3)20(31)29(19(14)30)16-5-4-15(13-25)18(12-16)21(22,23)24/h4-5,12H,6-11H2,1-3H3. The number of carbonyl (C=O) groups excluding carboxylic acids is 2. The van der Waals surface area contributed by atoms with Gasteiger partial charge in [0.2, 0.25) is 0 Å². The number of imide groups is 1. The van der Waals surface area contributed by atoms with Gasteiger partial charge in [-0.05, 0) is 31.5 Å². The number of nitriles is 1. The van der Waals surface area contributed by atoms with E-state index in [0.29, 0.717) is 30.6 Å². The van der Waals surface area contributed by atoms with Crippen LogP contribution in [-0.4, -0.2) is 80.6 Å². The van der Waals surface area contributed by atoms with E-state index in [1.165, 1.54) is 31.4 Å². The van der Waals surface area contributed by atoms with Crippen molar-refractivity contribution in [3.8, 4) is 6.07 Å². The van der Waals surface area contributed by atoms with E-state index in [-0.39, 0.29) is 36.3 Å². The summed E-state index contributed by atoms with van der Waals surface area (Å²) in [5.74, 6) is -1.41. The summed E-state index contributed by atoms with van der Waals surface area (Å²) >= 11 is 0. The molecule has 2 amide bonds. The predicted octanol–water partition coefficient (Wildman–Crippen LogP) is 1.58.